The van der Waals surface area contributed by atoms with Crippen LogP contribution in [-0.4, -0.2) is 28.5 Å². The van der Waals surface area contributed by atoms with E-state index in [2.05, 4.69) is 5.32 Å². The van der Waals surface area contributed by atoms with E-state index in [1.54, 1.807) is 42.5 Å². The number of hydrogen-bond acceptors (Lipinski definition) is 4. The van der Waals surface area contributed by atoms with Gasteiger partial charge in [-0.05, 0) is 24.5 Å². The highest BCUT2D eigenvalue weighted by Gasteiger charge is 2.31. The molecule has 0 saturated carbocycles. The molecule has 0 saturated heterocycles. The Morgan fingerprint density at radius 3 is 1.97 bits per heavy atom. The summed E-state index contributed by atoms with van der Waals surface area (Å²) in [6.07, 6.45) is 5.75. The quantitative estimate of drug-likeness (QED) is 0.432. The van der Waals surface area contributed by atoms with Crippen LogP contribution in [0.15, 0.2) is 42.5 Å². The van der Waals surface area contributed by atoms with Gasteiger partial charge in [0.05, 0.1) is 0 Å². The van der Waals surface area contributed by atoms with Gasteiger partial charge in [0.15, 0.2) is 0 Å². The summed E-state index contributed by atoms with van der Waals surface area (Å²) in [6.45, 7) is 0. The average molecular weight is 407 g/mol. The highest BCUT2D eigenvalue weighted by molar-refractivity contribution is 6.53. The molecule has 0 spiro atoms. The molecule has 0 bridgehead atoms. The number of aliphatic carboxylic acids is 1. The second kappa shape index (κ2) is 9.96. The van der Waals surface area contributed by atoms with E-state index < -0.39 is 17.5 Å². The van der Waals surface area contributed by atoms with E-state index in [-0.39, 0.29) is 12.3 Å². The van der Waals surface area contributed by atoms with Crippen LogP contribution in [-0.2, 0) is 9.59 Å². The smallest absolute Gasteiger partial charge is 0.303 e. The lowest BCUT2D eigenvalue weighted by Crippen LogP contribution is -2.22. The van der Waals surface area contributed by atoms with Gasteiger partial charge in [-0.3, -0.25) is 19.2 Å². The Bertz CT molecular complexity index is 979. The zero-order chi connectivity index (χ0) is 21.5. The van der Waals surface area contributed by atoms with E-state index in [0.717, 1.165) is 32.1 Å². The molecule has 1 aliphatic carbocycles. The van der Waals surface area contributed by atoms with Gasteiger partial charge in [0.1, 0.15) is 0 Å². The Balaban J connectivity index is 1.57. The summed E-state index contributed by atoms with van der Waals surface area (Å²) in [5.74, 6) is -1.97. The largest absolute Gasteiger partial charge is 0.481 e. The molecule has 156 valence electrons. The molecule has 0 aliphatic heterocycles. The number of rotatable bonds is 10. The fraction of sp³-hybridized carbons (Fsp3) is 0.333. The van der Waals surface area contributed by atoms with Crippen LogP contribution in [0.4, 0.5) is 5.69 Å². The van der Waals surface area contributed by atoms with E-state index in [9.17, 15) is 19.2 Å². The molecule has 3 rings (SSSR count). The average Bonchev–Trinajstić information content (AvgIpc) is 2.73. The van der Waals surface area contributed by atoms with Crippen LogP contribution in [0.3, 0.4) is 0 Å². The number of amides is 1. The van der Waals surface area contributed by atoms with Gasteiger partial charge in [0, 0.05) is 35.2 Å². The van der Waals surface area contributed by atoms with E-state index in [1.165, 1.54) is 0 Å². The molecule has 30 heavy (non-hydrogen) atoms. The topological polar surface area (TPSA) is 101 Å². The number of ketones is 2. The van der Waals surface area contributed by atoms with Gasteiger partial charge >= 0.3 is 5.97 Å². The Labute approximate surface area is 175 Å². The van der Waals surface area contributed by atoms with E-state index >= 15 is 0 Å². The van der Waals surface area contributed by atoms with Crippen LogP contribution in [0.5, 0.6) is 0 Å². The molecule has 6 nitrogen and oxygen atoms in total. The SMILES string of the molecule is O=C(O)CCCCCCCCC(=O)Nc1cccc2c1-c1ccccc1C(=O)C2=O. The van der Waals surface area contributed by atoms with Gasteiger partial charge in [0.25, 0.3) is 0 Å². The summed E-state index contributed by atoms with van der Waals surface area (Å²) in [4.78, 5) is 47.7. The first-order chi connectivity index (χ1) is 14.5. The van der Waals surface area contributed by atoms with Crippen molar-refractivity contribution in [3.63, 3.8) is 0 Å². The van der Waals surface area contributed by atoms with Gasteiger partial charge in [-0.2, -0.15) is 0 Å². The number of carboxylic acids is 1. The summed E-state index contributed by atoms with van der Waals surface area (Å²) in [5.41, 5.74) is 2.48. The van der Waals surface area contributed by atoms with Crippen LogP contribution in [0.25, 0.3) is 11.1 Å². The number of anilines is 1. The summed E-state index contributed by atoms with van der Waals surface area (Å²) in [7, 11) is 0. The Morgan fingerprint density at radius 2 is 1.27 bits per heavy atom. The molecule has 2 aromatic carbocycles. The number of benzene rings is 2. The van der Waals surface area contributed by atoms with Crippen molar-refractivity contribution in [1.82, 2.24) is 0 Å². The standard InChI is InChI=1S/C24H25NO5/c26-20(14-5-3-1-2-4-6-15-21(27)28)25-19-13-9-12-18-22(19)16-10-7-8-11-17(16)23(29)24(18)30/h7-13H,1-6,14-15H2,(H,25,26)(H,27,28). The lowest BCUT2D eigenvalue weighted by Gasteiger charge is -2.21. The second-order valence-corrected chi connectivity index (χ2v) is 7.50. The maximum atomic E-state index is 12.5. The molecule has 0 radical (unpaired) electrons. The zero-order valence-corrected chi connectivity index (χ0v) is 16.8. The van der Waals surface area contributed by atoms with Gasteiger partial charge in [-0.1, -0.05) is 62.1 Å². The van der Waals surface area contributed by atoms with Gasteiger partial charge in [0.2, 0.25) is 17.5 Å². The van der Waals surface area contributed by atoms with Crippen molar-refractivity contribution in [3.05, 3.63) is 53.6 Å². The molecule has 2 N–H and O–H groups in total. The van der Waals surface area contributed by atoms with Gasteiger partial charge < -0.3 is 10.4 Å². The second-order valence-electron chi connectivity index (χ2n) is 7.50. The third kappa shape index (κ3) is 5.00. The zero-order valence-electron chi connectivity index (χ0n) is 16.8. The molecule has 0 heterocycles. The summed E-state index contributed by atoms with van der Waals surface area (Å²) >= 11 is 0. The first kappa shape index (κ1) is 21.4. The summed E-state index contributed by atoms with van der Waals surface area (Å²) in [6, 6.07) is 12.0. The lowest BCUT2D eigenvalue weighted by atomic mass is 9.83. The van der Waals surface area contributed by atoms with Crippen LogP contribution in [0, 0.1) is 0 Å². The maximum Gasteiger partial charge on any atom is 0.303 e. The molecule has 0 aromatic heterocycles. The van der Waals surface area contributed by atoms with Crippen LogP contribution >= 0.6 is 0 Å². The normalized spacial score (nSPS) is 12.3. The number of hydrogen-bond donors (Lipinski definition) is 2. The third-order valence-electron chi connectivity index (χ3n) is 5.27. The first-order valence-electron chi connectivity index (χ1n) is 10.3. The molecular weight excluding hydrogens is 382 g/mol. The minimum atomic E-state index is -0.761. The molecule has 1 amide bonds. The van der Waals surface area contributed by atoms with Crippen LogP contribution in [0.1, 0.15) is 72.1 Å². The molecule has 6 heteroatoms. The number of nitrogens with one attached hydrogen (secondary N) is 1. The minimum Gasteiger partial charge on any atom is -0.481 e. The van der Waals surface area contributed by atoms with Crippen molar-refractivity contribution >= 4 is 29.1 Å². The predicted octanol–water partition coefficient (Wildman–Crippen LogP) is 4.88. The van der Waals surface area contributed by atoms with Crippen molar-refractivity contribution in [3.8, 4) is 11.1 Å². The van der Waals surface area contributed by atoms with Crippen molar-refractivity contribution in [2.24, 2.45) is 0 Å². The maximum absolute atomic E-state index is 12.5. The molecule has 0 atom stereocenters. The van der Waals surface area contributed by atoms with Crippen molar-refractivity contribution < 1.29 is 24.3 Å². The molecule has 0 fully saturated rings. The summed E-state index contributed by atoms with van der Waals surface area (Å²) < 4.78 is 0. The predicted molar refractivity (Wildman–Crippen MR) is 114 cm³/mol. The summed E-state index contributed by atoms with van der Waals surface area (Å²) in [5, 5.41) is 11.5. The number of carbonyl (C=O) groups is 4. The van der Waals surface area contributed by atoms with Gasteiger partial charge in [-0.15, -0.1) is 0 Å². The fourth-order valence-electron chi connectivity index (χ4n) is 3.76. The molecule has 2 aromatic rings. The number of Topliss-reactive ketones (excluding diaryl/α,β-unsaturated/α-hetero) is 2. The Kier molecular flexibility index (Phi) is 7.12. The number of carbonyl (C=O) groups excluding carboxylic acids is 3. The van der Waals surface area contributed by atoms with E-state index in [4.69, 9.17) is 5.11 Å². The molecule has 1 aliphatic rings. The molecular formula is C24H25NO5. The molecule has 0 unspecified atom stereocenters. The highest BCUT2D eigenvalue weighted by atomic mass is 16.4. The number of fused-ring (bicyclic) bond motifs is 3. The number of unbranched alkanes of at least 4 members (excludes halogenated alkanes) is 5. The third-order valence-corrected chi connectivity index (χ3v) is 5.27. The first-order valence-corrected chi connectivity index (χ1v) is 10.3. The Morgan fingerprint density at radius 1 is 0.700 bits per heavy atom. The van der Waals surface area contributed by atoms with Crippen molar-refractivity contribution in [2.45, 2.75) is 51.4 Å². The highest BCUT2D eigenvalue weighted by Crippen LogP contribution is 2.38. The van der Waals surface area contributed by atoms with Crippen molar-refractivity contribution in [1.29, 1.82) is 0 Å². The lowest BCUT2D eigenvalue weighted by molar-refractivity contribution is -0.137. The van der Waals surface area contributed by atoms with Crippen LogP contribution < -0.4 is 5.32 Å². The van der Waals surface area contributed by atoms with Crippen molar-refractivity contribution in [2.75, 3.05) is 5.32 Å². The fourth-order valence-corrected chi connectivity index (χ4v) is 3.76. The minimum absolute atomic E-state index is 0.129. The monoisotopic (exact) mass is 407 g/mol. The van der Waals surface area contributed by atoms with E-state index in [0.29, 0.717) is 40.8 Å². The van der Waals surface area contributed by atoms with Gasteiger partial charge in [-0.25, -0.2) is 0 Å². The Hall–Kier alpha value is -3.28. The number of carboxylic acid groups (broad SMARTS) is 1. The van der Waals surface area contributed by atoms with E-state index in [1.807, 2.05) is 0 Å². The van der Waals surface area contributed by atoms with Crippen LogP contribution in [0.2, 0.25) is 0 Å².